The van der Waals surface area contributed by atoms with Gasteiger partial charge in [-0.25, -0.2) is 23.6 Å². The lowest BCUT2D eigenvalue weighted by Crippen LogP contribution is -2.40. The van der Waals surface area contributed by atoms with Crippen molar-refractivity contribution in [1.29, 1.82) is 0 Å². The fourth-order valence-electron chi connectivity index (χ4n) is 4.01. The summed E-state index contributed by atoms with van der Waals surface area (Å²) in [4.78, 5) is 46.9. The minimum Gasteiger partial charge on any atom is -0.433 e. The number of nitrogens with one attached hydrogen (secondary N) is 1. The van der Waals surface area contributed by atoms with Crippen LogP contribution < -0.4 is 10.1 Å². The highest BCUT2D eigenvalue weighted by atomic mass is 35.5. The third-order valence-corrected chi connectivity index (χ3v) is 5.98. The number of alkyl halides is 4. The van der Waals surface area contributed by atoms with E-state index in [1.807, 2.05) is 0 Å². The number of aryl methyl sites for hydroxylation is 1. The fraction of sp³-hybridized carbons (Fsp3) is 0.231. The van der Waals surface area contributed by atoms with Crippen molar-refractivity contribution >= 4 is 41.0 Å². The number of ether oxygens (including phenoxy) is 2. The standard InChI is InChI=1S/C26H21ClF4N6O5/c1-13-18(8-16(10-32-13)21-6-7-23-34-22(33-15(3)38)11-36(23)35-21)24(39)37(25(40)41-12-27)14(2)19-9-17(4-5-20(19)28)42-26(29,30)31/h4-11,14H,12H2,1-3H3,(H,33,38)/t14-/m1/s1. The molecule has 4 aromatic rings. The molecule has 1 atom stereocenters. The van der Waals surface area contributed by atoms with Gasteiger partial charge in [-0.2, -0.15) is 5.10 Å². The van der Waals surface area contributed by atoms with Gasteiger partial charge in [0.1, 0.15) is 11.6 Å². The molecule has 42 heavy (non-hydrogen) atoms. The van der Waals surface area contributed by atoms with Gasteiger partial charge >= 0.3 is 12.5 Å². The van der Waals surface area contributed by atoms with Crippen LogP contribution in [0.1, 0.15) is 41.5 Å². The quantitative estimate of drug-likeness (QED) is 0.211. The lowest BCUT2D eigenvalue weighted by molar-refractivity contribution is -0.274. The van der Waals surface area contributed by atoms with Gasteiger partial charge in [0.15, 0.2) is 17.5 Å². The molecule has 4 rings (SSSR count). The molecule has 1 aromatic carbocycles. The van der Waals surface area contributed by atoms with Crippen LogP contribution in [0, 0.1) is 12.7 Å². The molecule has 1 N–H and O–H groups in total. The molecule has 0 unspecified atom stereocenters. The molecular weight excluding hydrogens is 588 g/mol. The van der Waals surface area contributed by atoms with Gasteiger partial charge in [0.2, 0.25) is 5.91 Å². The smallest absolute Gasteiger partial charge is 0.433 e. The molecule has 0 radical (unpaired) electrons. The molecule has 11 nitrogen and oxygen atoms in total. The summed E-state index contributed by atoms with van der Waals surface area (Å²) in [6.45, 7) is 4.03. The number of halogens is 5. The number of carbonyl (C=O) groups excluding carboxylic acids is 3. The van der Waals surface area contributed by atoms with E-state index in [4.69, 9.17) is 16.3 Å². The normalized spacial score (nSPS) is 12.1. The molecule has 16 heteroatoms. The van der Waals surface area contributed by atoms with Gasteiger partial charge < -0.3 is 14.8 Å². The van der Waals surface area contributed by atoms with Crippen molar-refractivity contribution in [1.82, 2.24) is 24.5 Å². The summed E-state index contributed by atoms with van der Waals surface area (Å²) in [5.41, 5.74) is 0.695. The van der Waals surface area contributed by atoms with Crippen molar-refractivity contribution in [3.05, 3.63) is 71.4 Å². The summed E-state index contributed by atoms with van der Waals surface area (Å²) in [7, 11) is 0. The Hall–Kier alpha value is -4.79. The average molecular weight is 609 g/mol. The van der Waals surface area contributed by atoms with Gasteiger partial charge in [-0.3, -0.25) is 14.6 Å². The Kier molecular flexibility index (Phi) is 8.61. The second kappa shape index (κ2) is 12.0. The number of imide groups is 1. The van der Waals surface area contributed by atoms with Gasteiger partial charge in [0.25, 0.3) is 5.91 Å². The summed E-state index contributed by atoms with van der Waals surface area (Å²) < 4.78 is 63.2. The fourth-order valence-corrected chi connectivity index (χ4v) is 4.10. The van der Waals surface area contributed by atoms with Crippen LogP contribution in [0.4, 0.5) is 28.2 Å². The Labute approximate surface area is 240 Å². The third kappa shape index (κ3) is 6.74. The average Bonchev–Trinajstić information content (AvgIpc) is 3.30. The predicted octanol–water partition coefficient (Wildman–Crippen LogP) is 5.63. The number of hydrogen-bond acceptors (Lipinski definition) is 8. The molecule has 0 saturated heterocycles. The molecule has 0 fully saturated rings. The lowest BCUT2D eigenvalue weighted by Gasteiger charge is -2.28. The second-order valence-electron chi connectivity index (χ2n) is 8.79. The van der Waals surface area contributed by atoms with Crippen molar-refractivity contribution in [2.24, 2.45) is 0 Å². The number of amides is 3. The van der Waals surface area contributed by atoms with Crippen LogP contribution in [0.3, 0.4) is 0 Å². The van der Waals surface area contributed by atoms with Crippen LogP contribution in [-0.2, 0) is 9.53 Å². The van der Waals surface area contributed by atoms with Crippen molar-refractivity contribution in [3.63, 3.8) is 0 Å². The van der Waals surface area contributed by atoms with E-state index in [-0.39, 0.29) is 23.0 Å². The Bertz CT molecular complexity index is 1680. The zero-order valence-corrected chi connectivity index (χ0v) is 22.8. The highest BCUT2D eigenvalue weighted by molar-refractivity contribution is 6.17. The Morgan fingerprint density at radius 2 is 1.90 bits per heavy atom. The molecule has 0 spiro atoms. The van der Waals surface area contributed by atoms with Crippen LogP contribution in [0.25, 0.3) is 16.9 Å². The first kappa shape index (κ1) is 30.2. The van der Waals surface area contributed by atoms with Crippen LogP contribution in [0.2, 0.25) is 0 Å². The van der Waals surface area contributed by atoms with Crippen molar-refractivity contribution in [3.8, 4) is 17.0 Å². The Morgan fingerprint density at radius 3 is 2.57 bits per heavy atom. The molecule has 0 aliphatic heterocycles. The number of benzene rings is 1. The van der Waals surface area contributed by atoms with Gasteiger partial charge in [-0.1, -0.05) is 11.6 Å². The number of carbonyl (C=O) groups is 3. The predicted molar refractivity (Wildman–Crippen MR) is 140 cm³/mol. The summed E-state index contributed by atoms with van der Waals surface area (Å²) in [6, 6.07) is 4.64. The number of fused-ring (bicyclic) bond motifs is 1. The molecule has 220 valence electrons. The SMILES string of the molecule is CC(=O)Nc1cn2nc(-c3cnc(C)c(C(=O)N(C(=O)OCCl)[C@H](C)c4cc(OC(F)(F)F)ccc4F)c3)ccc2n1. The number of rotatable bonds is 7. The van der Waals surface area contributed by atoms with Gasteiger partial charge in [-0.15, -0.1) is 13.2 Å². The topological polar surface area (TPSA) is 128 Å². The summed E-state index contributed by atoms with van der Waals surface area (Å²) >= 11 is 5.53. The van der Waals surface area contributed by atoms with Gasteiger partial charge in [0.05, 0.1) is 29.2 Å². The monoisotopic (exact) mass is 608 g/mol. The van der Waals surface area contributed by atoms with E-state index < -0.39 is 47.6 Å². The van der Waals surface area contributed by atoms with Crippen LogP contribution in [0.15, 0.2) is 48.8 Å². The molecule has 0 saturated carbocycles. The maximum atomic E-state index is 14.8. The largest absolute Gasteiger partial charge is 0.573 e. The highest BCUT2D eigenvalue weighted by Gasteiger charge is 2.35. The number of imidazole rings is 1. The number of aromatic nitrogens is 4. The summed E-state index contributed by atoms with van der Waals surface area (Å²) in [5, 5.41) is 6.96. The van der Waals surface area contributed by atoms with E-state index in [1.54, 1.807) is 12.1 Å². The van der Waals surface area contributed by atoms with Gasteiger partial charge in [0, 0.05) is 24.2 Å². The van der Waals surface area contributed by atoms with Crippen LogP contribution >= 0.6 is 11.6 Å². The van der Waals surface area contributed by atoms with Crippen molar-refractivity contribution in [2.45, 2.75) is 33.2 Å². The second-order valence-corrected chi connectivity index (χ2v) is 9.01. The number of anilines is 1. The molecule has 0 aliphatic rings. The van der Waals surface area contributed by atoms with E-state index in [0.29, 0.717) is 27.9 Å². The molecule has 3 aromatic heterocycles. The molecule has 0 bridgehead atoms. The number of pyridine rings is 1. The molecule has 3 amide bonds. The minimum atomic E-state index is -5.06. The molecular formula is C26H21ClF4N6O5. The first-order valence-corrected chi connectivity index (χ1v) is 12.5. The molecule has 0 aliphatic carbocycles. The zero-order valence-electron chi connectivity index (χ0n) is 22.1. The number of hydrogen-bond donors (Lipinski definition) is 1. The van der Waals surface area contributed by atoms with E-state index in [2.05, 4.69) is 25.1 Å². The zero-order chi connectivity index (χ0) is 30.8. The Balaban J connectivity index is 1.73. The van der Waals surface area contributed by atoms with Crippen LogP contribution in [-0.4, -0.2) is 54.8 Å². The summed E-state index contributed by atoms with van der Waals surface area (Å²) in [6.07, 6.45) is -3.44. The van der Waals surface area contributed by atoms with E-state index in [1.165, 1.54) is 43.7 Å². The number of nitrogens with zero attached hydrogens (tertiary/aromatic N) is 5. The van der Waals surface area contributed by atoms with E-state index in [9.17, 15) is 31.9 Å². The third-order valence-electron chi connectivity index (χ3n) is 5.87. The van der Waals surface area contributed by atoms with Gasteiger partial charge in [-0.05, 0) is 50.2 Å². The first-order valence-electron chi connectivity index (χ1n) is 12.0. The molecule has 3 heterocycles. The maximum Gasteiger partial charge on any atom is 0.573 e. The van der Waals surface area contributed by atoms with E-state index >= 15 is 0 Å². The summed E-state index contributed by atoms with van der Waals surface area (Å²) in [5.74, 6) is -2.82. The minimum absolute atomic E-state index is 0.111. The van der Waals surface area contributed by atoms with Crippen molar-refractivity contribution < 1.29 is 41.4 Å². The van der Waals surface area contributed by atoms with E-state index in [0.717, 1.165) is 12.1 Å². The first-order chi connectivity index (χ1) is 19.8. The lowest BCUT2D eigenvalue weighted by atomic mass is 10.0. The maximum absolute atomic E-state index is 14.8. The van der Waals surface area contributed by atoms with Crippen molar-refractivity contribution in [2.75, 3.05) is 11.4 Å². The Morgan fingerprint density at radius 1 is 1.17 bits per heavy atom. The highest BCUT2D eigenvalue weighted by Crippen LogP contribution is 2.32. The van der Waals surface area contributed by atoms with Crippen LogP contribution in [0.5, 0.6) is 5.75 Å².